The van der Waals surface area contributed by atoms with Crippen LogP contribution in [0.4, 0.5) is 0 Å². The first-order valence-electron chi connectivity index (χ1n) is 4.51. The molecule has 1 aromatic rings. The Balaban J connectivity index is 2.50. The number of hydrogen-bond acceptors (Lipinski definition) is 4. The second-order valence-electron chi connectivity index (χ2n) is 3.11. The van der Waals surface area contributed by atoms with Crippen LogP contribution in [0.3, 0.4) is 0 Å². The van der Waals surface area contributed by atoms with Gasteiger partial charge < -0.3 is 9.47 Å². The Kier molecular flexibility index (Phi) is 2.43. The van der Waals surface area contributed by atoms with Crippen LogP contribution in [0, 0.1) is 22.7 Å². The average molecular weight is 200 g/mol. The van der Waals surface area contributed by atoms with Crippen LogP contribution in [-0.4, -0.2) is 6.79 Å². The molecule has 74 valence electrons. The Labute approximate surface area is 87.3 Å². The number of nitrogens with zero attached hydrogens (tertiary/aromatic N) is 2. The van der Waals surface area contributed by atoms with E-state index in [9.17, 15) is 0 Å². The zero-order valence-electron chi connectivity index (χ0n) is 7.99. The first kappa shape index (κ1) is 9.36. The second kappa shape index (κ2) is 3.89. The van der Waals surface area contributed by atoms with E-state index in [4.69, 9.17) is 20.0 Å². The van der Waals surface area contributed by atoms with E-state index in [2.05, 4.69) is 12.1 Å². The van der Waals surface area contributed by atoms with Crippen LogP contribution in [0.15, 0.2) is 12.1 Å². The molecular weight excluding hydrogens is 192 g/mol. The number of nitriles is 2. The lowest BCUT2D eigenvalue weighted by Gasteiger charge is -2.06. The van der Waals surface area contributed by atoms with Crippen molar-refractivity contribution in [3.8, 4) is 23.6 Å². The van der Waals surface area contributed by atoms with Gasteiger partial charge in [-0.15, -0.1) is 0 Å². The highest BCUT2D eigenvalue weighted by Crippen LogP contribution is 2.37. The summed E-state index contributed by atoms with van der Waals surface area (Å²) in [6.07, 6.45) is 0.525. The average Bonchev–Trinajstić information content (AvgIpc) is 2.70. The molecule has 0 aliphatic carbocycles. The molecule has 0 saturated carbocycles. The molecule has 0 atom stereocenters. The summed E-state index contributed by atoms with van der Waals surface area (Å²) >= 11 is 0. The standard InChI is InChI=1S/C11H8N2O2/c12-5-3-8-1-2-10-11(15-7-14-10)9(8)4-6-13/h1-2H,3-4,7H2. The summed E-state index contributed by atoms with van der Waals surface area (Å²) in [4.78, 5) is 0. The van der Waals surface area contributed by atoms with Crippen LogP contribution < -0.4 is 9.47 Å². The minimum Gasteiger partial charge on any atom is -0.454 e. The van der Waals surface area contributed by atoms with E-state index in [1.807, 2.05) is 6.07 Å². The lowest BCUT2D eigenvalue weighted by atomic mass is 10.0. The van der Waals surface area contributed by atoms with E-state index in [0.717, 1.165) is 11.1 Å². The third kappa shape index (κ3) is 1.58. The van der Waals surface area contributed by atoms with Gasteiger partial charge in [0.25, 0.3) is 0 Å². The Morgan fingerprint density at radius 3 is 2.67 bits per heavy atom. The van der Waals surface area contributed by atoms with Crippen LogP contribution >= 0.6 is 0 Å². The molecule has 2 rings (SSSR count). The highest BCUT2D eigenvalue weighted by atomic mass is 16.7. The van der Waals surface area contributed by atoms with Crippen LogP contribution in [-0.2, 0) is 12.8 Å². The molecule has 1 aliphatic rings. The number of benzene rings is 1. The van der Waals surface area contributed by atoms with Crippen LogP contribution in [0.5, 0.6) is 11.5 Å². The molecule has 0 amide bonds. The Bertz CT molecular complexity index is 469. The van der Waals surface area contributed by atoms with Crippen molar-refractivity contribution >= 4 is 0 Å². The van der Waals surface area contributed by atoms with Crippen molar-refractivity contribution in [1.29, 1.82) is 10.5 Å². The van der Waals surface area contributed by atoms with Crippen molar-refractivity contribution in [2.45, 2.75) is 12.8 Å². The lowest BCUT2D eigenvalue weighted by Crippen LogP contribution is -1.96. The van der Waals surface area contributed by atoms with E-state index in [0.29, 0.717) is 11.5 Å². The number of hydrogen-bond donors (Lipinski definition) is 0. The quantitative estimate of drug-likeness (QED) is 0.726. The SMILES string of the molecule is N#CCc1ccc2c(c1CC#N)OCO2. The first-order chi connectivity index (χ1) is 7.36. The van der Waals surface area contributed by atoms with Crippen molar-refractivity contribution in [1.82, 2.24) is 0 Å². The van der Waals surface area contributed by atoms with Gasteiger partial charge in [-0.05, 0) is 11.6 Å². The lowest BCUT2D eigenvalue weighted by molar-refractivity contribution is 0.173. The van der Waals surface area contributed by atoms with Gasteiger partial charge >= 0.3 is 0 Å². The maximum Gasteiger partial charge on any atom is 0.231 e. The first-order valence-corrected chi connectivity index (χ1v) is 4.51. The summed E-state index contributed by atoms with van der Waals surface area (Å²) in [7, 11) is 0. The number of rotatable bonds is 2. The van der Waals surface area contributed by atoms with Crippen molar-refractivity contribution in [2.24, 2.45) is 0 Å². The van der Waals surface area contributed by atoms with Gasteiger partial charge in [-0.1, -0.05) is 6.07 Å². The molecule has 1 aliphatic heterocycles. The third-order valence-electron chi connectivity index (χ3n) is 2.26. The van der Waals surface area contributed by atoms with E-state index in [1.165, 1.54) is 0 Å². The molecule has 0 unspecified atom stereocenters. The molecule has 0 aromatic heterocycles. The topological polar surface area (TPSA) is 66.0 Å². The highest BCUT2D eigenvalue weighted by Gasteiger charge is 2.20. The van der Waals surface area contributed by atoms with Gasteiger partial charge in [0.05, 0.1) is 25.0 Å². The Hall–Kier alpha value is -2.20. The molecule has 0 saturated heterocycles. The molecule has 0 bridgehead atoms. The Morgan fingerprint density at radius 2 is 1.93 bits per heavy atom. The molecule has 0 fully saturated rings. The van der Waals surface area contributed by atoms with Crippen LogP contribution in [0.2, 0.25) is 0 Å². The van der Waals surface area contributed by atoms with Crippen molar-refractivity contribution in [3.05, 3.63) is 23.3 Å². The summed E-state index contributed by atoms with van der Waals surface area (Å²) in [5.74, 6) is 1.27. The predicted molar refractivity (Wildman–Crippen MR) is 51.2 cm³/mol. The molecular formula is C11H8N2O2. The fraction of sp³-hybridized carbons (Fsp3) is 0.273. The van der Waals surface area contributed by atoms with Gasteiger partial charge in [0.15, 0.2) is 11.5 Å². The van der Waals surface area contributed by atoms with Crippen LogP contribution in [0.25, 0.3) is 0 Å². The fourth-order valence-corrected chi connectivity index (χ4v) is 1.59. The van der Waals surface area contributed by atoms with Gasteiger partial charge in [-0.25, -0.2) is 0 Å². The smallest absolute Gasteiger partial charge is 0.231 e. The molecule has 4 nitrogen and oxygen atoms in total. The van der Waals surface area contributed by atoms with Crippen molar-refractivity contribution < 1.29 is 9.47 Å². The molecule has 4 heteroatoms. The molecule has 1 heterocycles. The maximum atomic E-state index is 8.71. The van der Waals surface area contributed by atoms with Gasteiger partial charge in [-0.2, -0.15) is 10.5 Å². The summed E-state index contributed by atoms with van der Waals surface area (Å²) < 4.78 is 10.5. The monoisotopic (exact) mass is 200 g/mol. The van der Waals surface area contributed by atoms with E-state index in [-0.39, 0.29) is 19.6 Å². The van der Waals surface area contributed by atoms with Crippen molar-refractivity contribution in [2.75, 3.05) is 6.79 Å². The van der Waals surface area contributed by atoms with Gasteiger partial charge in [-0.3, -0.25) is 0 Å². The fourth-order valence-electron chi connectivity index (χ4n) is 1.59. The molecule has 15 heavy (non-hydrogen) atoms. The second-order valence-corrected chi connectivity index (χ2v) is 3.11. The van der Waals surface area contributed by atoms with Gasteiger partial charge in [0.2, 0.25) is 6.79 Å². The summed E-state index contributed by atoms with van der Waals surface area (Å²) in [5, 5.41) is 17.4. The summed E-state index contributed by atoms with van der Waals surface area (Å²) in [5.41, 5.74) is 1.61. The zero-order chi connectivity index (χ0) is 10.7. The van der Waals surface area contributed by atoms with Crippen LogP contribution in [0.1, 0.15) is 11.1 Å². The van der Waals surface area contributed by atoms with Crippen molar-refractivity contribution in [3.63, 3.8) is 0 Å². The minimum absolute atomic E-state index is 0.184. The molecule has 0 radical (unpaired) electrons. The predicted octanol–water partition coefficient (Wildman–Crippen LogP) is 1.55. The highest BCUT2D eigenvalue weighted by molar-refractivity contribution is 5.53. The van der Waals surface area contributed by atoms with Gasteiger partial charge in [0, 0.05) is 5.56 Å². The minimum atomic E-state index is 0.184. The maximum absolute atomic E-state index is 8.71. The molecule has 0 spiro atoms. The zero-order valence-corrected chi connectivity index (χ0v) is 7.99. The molecule has 1 aromatic carbocycles. The Morgan fingerprint density at radius 1 is 1.13 bits per heavy atom. The number of ether oxygens (including phenoxy) is 2. The van der Waals surface area contributed by atoms with E-state index < -0.39 is 0 Å². The van der Waals surface area contributed by atoms with E-state index in [1.54, 1.807) is 6.07 Å². The van der Waals surface area contributed by atoms with E-state index >= 15 is 0 Å². The third-order valence-corrected chi connectivity index (χ3v) is 2.26. The number of fused-ring (bicyclic) bond motifs is 1. The largest absolute Gasteiger partial charge is 0.454 e. The summed E-state index contributed by atoms with van der Waals surface area (Å²) in [6, 6.07) is 7.72. The molecule has 0 N–H and O–H groups in total. The normalized spacial score (nSPS) is 11.9. The summed E-state index contributed by atoms with van der Waals surface area (Å²) in [6.45, 7) is 0.184. The van der Waals surface area contributed by atoms with Gasteiger partial charge in [0.1, 0.15) is 0 Å².